The molecule has 2 aromatic rings. The first-order valence-corrected chi connectivity index (χ1v) is 7.58. The Kier molecular flexibility index (Phi) is 4.09. The van der Waals surface area contributed by atoms with Gasteiger partial charge in [-0.3, -0.25) is 9.48 Å². The zero-order valence-corrected chi connectivity index (χ0v) is 13.0. The van der Waals surface area contributed by atoms with Crippen LogP contribution in [0.4, 0.5) is 5.82 Å². The first-order valence-electron chi connectivity index (χ1n) is 7.58. The Labute approximate surface area is 130 Å². The largest absolute Gasteiger partial charge is 0.355 e. The molecule has 3 heterocycles. The highest BCUT2D eigenvalue weighted by Gasteiger charge is 2.28. The minimum Gasteiger partial charge on any atom is -0.355 e. The van der Waals surface area contributed by atoms with Gasteiger partial charge in [0.05, 0.1) is 0 Å². The number of aromatic nitrogens is 3. The van der Waals surface area contributed by atoms with Crippen LogP contribution in [0, 0.1) is 0 Å². The molecule has 0 bridgehead atoms. The van der Waals surface area contributed by atoms with Gasteiger partial charge in [0.25, 0.3) is 5.91 Å². The molecule has 0 aromatic carbocycles. The number of carbonyl (C=O) groups excluding carboxylic acids is 1. The number of amides is 1. The summed E-state index contributed by atoms with van der Waals surface area (Å²) in [6.45, 7) is 1.80. The van der Waals surface area contributed by atoms with Crippen LogP contribution in [0.1, 0.15) is 23.3 Å². The normalized spacial score (nSPS) is 18.3. The number of nitrogens with zero attached hydrogens (tertiary/aromatic N) is 5. The van der Waals surface area contributed by atoms with Crippen LogP contribution in [-0.2, 0) is 7.05 Å². The van der Waals surface area contributed by atoms with E-state index in [0.29, 0.717) is 5.69 Å². The molecule has 0 unspecified atom stereocenters. The molecule has 1 fully saturated rings. The van der Waals surface area contributed by atoms with E-state index >= 15 is 0 Å². The second kappa shape index (κ2) is 6.17. The average molecular weight is 299 g/mol. The first kappa shape index (κ1) is 14.6. The second-order valence-electron chi connectivity index (χ2n) is 5.72. The molecule has 0 N–H and O–H groups in total. The Morgan fingerprint density at radius 2 is 2.23 bits per heavy atom. The number of anilines is 1. The summed E-state index contributed by atoms with van der Waals surface area (Å²) in [5.41, 5.74) is 0.500. The molecule has 6 nitrogen and oxygen atoms in total. The lowest BCUT2D eigenvalue weighted by Gasteiger charge is -2.38. The lowest BCUT2D eigenvalue weighted by Crippen LogP contribution is -2.49. The van der Waals surface area contributed by atoms with E-state index in [1.165, 1.54) is 0 Å². The molecule has 0 spiro atoms. The van der Waals surface area contributed by atoms with Gasteiger partial charge in [-0.15, -0.1) is 0 Å². The van der Waals surface area contributed by atoms with E-state index in [4.69, 9.17) is 0 Å². The Morgan fingerprint density at radius 1 is 1.36 bits per heavy atom. The van der Waals surface area contributed by atoms with Gasteiger partial charge in [0.2, 0.25) is 0 Å². The van der Waals surface area contributed by atoms with Crippen LogP contribution in [0.2, 0.25) is 0 Å². The third-order valence-corrected chi connectivity index (χ3v) is 4.17. The van der Waals surface area contributed by atoms with Gasteiger partial charge in [0.15, 0.2) is 0 Å². The van der Waals surface area contributed by atoms with E-state index in [0.717, 1.165) is 31.7 Å². The maximum absolute atomic E-state index is 12.5. The third kappa shape index (κ3) is 2.95. The van der Waals surface area contributed by atoms with Crippen LogP contribution in [0.5, 0.6) is 0 Å². The number of rotatable bonds is 3. The Hall–Kier alpha value is -2.37. The molecule has 116 valence electrons. The highest BCUT2D eigenvalue weighted by atomic mass is 16.2. The van der Waals surface area contributed by atoms with Crippen molar-refractivity contribution in [3.8, 4) is 0 Å². The molecule has 3 rings (SSSR count). The van der Waals surface area contributed by atoms with Crippen molar-refractivity contribution in [2.45, 2.75) is 18.9 Å². The maximum atomic E-state index is 12.5. The number of aryl methyl sites for hydroxylation is 1. The molecule has 22 heavy (non-hydrogen) atoms. The Morgan fingerprint density at radius 3 is 2.91 bits per heavy atom. The van der Waals surface area contributed by atoms with E-state index in [1.807, 2.05) is 43.4 Å². The van der Waals surface area contributed by atoms with Crippen molar-refractivity contribution in [2.24, 2.45) is 7.05 Å². The molecule has 2 aromatic heterocycles. The number of likely N-dealkylation sites (N-methyl/N-ethyl adjacent to an activating group) is 1. The minimum atomic E-state index is -0.0199. The van der Waals surface area contributed by atoms with Crippen LogP contribution in [0.25, 0.3) is 0 Å². The molecule has 1 saturated heterocycles. The molecule has 1 amide bonds. The SMILES string of the molecule is CN(C(=O)c1ccn(C)n1)[C@@H]1CCCN(c2ccccn2)C1. The average Bonchev–Trinajstić information content (AvgIpc) is 3.01. The number of hydrogen-bond donors (Lipinski definition) is 0. The first-order chi connectivity index (χ1) is 10.6. The van der Waals surface area contributed by atoms with Crippen molar-refractivity contribution >= 4 is 11.7 Å². The summed E-state index contributed by atoms with van der Waals surface area (Å²) in [6, 6.07) is 7.88. The zero-order chi connectivity index (χ0) is 15.5. The van der Waals surface area contributed by atoms with Crippen molar-refractivity contribution in [3.05, 3.63) is 42.4 Å². The standard InChI is InChI=1S/C16H21N5O/c1-19-11-8-14(18-19)16(22)20(2)13-6-5-10-21(12-13)15-7-3-4-9-17-15/h3-4,7-9,11,13H,5-6,10,12H2,1-2H3/t13-/m1/s1. The fourth-order valence-corrected chi connectivity index (χ4v) is 2.90. The summed E-state index contributed by atoms with van der Waals surface area (Å²) < 4.78 is 1.65. The van der Waals surface area contributed by atoms with Gasteiger partial charge in [-0.2, -0.15) is 5.10 Å². The Balaban J connectivity index is 1.70. The van der Waals surface area contributed by atoms with Crippen molar-refractivity contribution in [2.75, 3.05) is 25.0 Å². The molecule has 6 heteroatoms. The van der Waals surface area contributed by atoms with Gasteiger partial charge in [-0.25, -0.2) is 4.98 Å². The van der Waals surface area contributed by atoms with Gasteiger partial charge in [-0.1, -0.05) is 6.07 Å². The lowest BCUT2D eigenvalue weighted by molar-refractivity contribution is 0.0710. The minimum absolute atomic E-state index is 0.0199. The number of pyridine rings is 1. The molecule has 1 aliphatic heterocycles. The summed E-state index contributed by atoms with van der Waals surface area (Å²) in [6.07, 6.45) is 5.67. The summed E-state index contributed by atoms with van der Waals surface area (Å²) in [4.78, 5) is 21.0. The maximum Gasteiger partial charge on any atom is 0.274 e. The van der Waals surface area contributed by atoms with Gasteiger partial charge in [0.1, 0.15) is 11.5 Å². The van der Waals surface area contributed by atoms with E-state index in [2.05, 4.69) is 15.0 Å². The highest BCUT2D eigenvalue weighted by Crippen LogP contribution is 2.20. The van der Waals surface area contributed by atoms with Gasteiger partial charge in [-0.05, 0) is 31.0 Å². The van der Waals surface area contributed by atoms with Crippen molar-refractivity contribution in [1.82, 2.24) is 19.7 Å². The number of carbonyl (C=O) groups is 1. The highest BCUT2D eigenvalue weighted by molar-refractivity contribution is 5.92. The van der Waals surface area contributed by atoms with E-state index in [9.17, 15) is 4.79 Å². The molecule has 0 aliphatic carbocycles. The van der Waals surface area contributed by atoms with Gasteiger partial charge in [0, 0.05) is 45.6 Å². The predicted molar refractivity (Wildman–Crippen MR) is 84.8 cm³/mol. The number of hydrogen-bond acceptors (Lipinski definition) is 4. The molecule has 1 atom stereocenters. The summed E-state index contributed by atoms with van der Waals surface area (Å²) in [5, 5.41) is 4.20. The van der Waals surface area contributed by atoms with Crippen LogP contribution >= 0.6 is 0 Å². The molecule has 1 aliphatic rings. The van der Waals surface area contributed by atoms with E-state index < -0.39 is 0 Å². The van der Waals surface area contributed by atoms with E-state index in [-0.39, 0.29) is 11.9 Å². The third-order valence-electron chi connectivity index (χ3n) is 4.17. The van der Waals surface area contributed by atoms with Crippen LogP contribution in [0.3, 0.4) is 0 Å². The summed E-state index contributed by atoms with van der Waals surface area (Å²) in [5.74, 6) is 0.958. The smallest absolute Gasteiger partial charge is 0.274 e. The van der Waals surface area contributed by atoms with Crippen LogP contribution in [0.15, 0.2) is 36.7 Å². The van der Waals surface area contributed by atoms with Crippen molar-refractivity contribution < 1.29 is 4.79 Å². The molecular weight excluding hydrogens is 278 g/mol. The Bertz CT molecular complexity index is 639. The van der Waals surface area contributed by atoms with E-state index in [1.54, 1.807) is 16.9 Å². The van der Waals surface area contributed by atoms with Gasteiger partial charge < -0.3 is 9.80 Å². The molecular formula is C16H21N5O. The second-order valence-corrected chi connectivity index (χ2v) is 5.72. The van der Waals surface area contributed by atoms with Crippen molar-refractivity contribution in [1.29, 1.82) is 0 Å². The topological polar surface area (TPSA) is 54.3 Å². The fraction of sp³-hybridized carbons (Fsp3) is 0.438. The molecule has 0 saturated carbocycles. The quantitative estimate of drug-likeness (QED) is 0.863. The number of piperidine rings is 1. The predicted octanol–water partition coefficient (Wildman–Crippen LogP) is 1.56. The molecule has 0 radical (unpaired) electrons. The summed E-state index contributed by atoms with van der Waals surface area (Å²) >= 11 is 0. The monoisotopic (exact) mass is 299 g/mol. The van der Waals surface area contributed by atoms with Crippen LogP contribution < -0.4 is 4.90 Å². The summed E-state index contributed by atoms with van der Waals surface area (Å²) in [7, 11) is 3.68. The fourth-order valence-electron chi connectivity index (χ4n) is 2.90. The van der Waals surface area contributed by atoms with Crippen LogP contribution in [-0.4, -0.2) is 51.8 Å². The van der Waals surface area contributed by atoms with Crippen molar-refractivity contribution in [3.63, 3.8) is 0 Å². The van der Waals surface area contributed by atoms with Gasteiger partial charge >= 0.3 is 0 Å². The lowest BCUT2D eigenvalue weighted by atomic mass is 10.0. The zero-order valence-electron chi connectivity index (χ0n) is 13.0.